The molecular formula is C9H16N4. The molecule has 0 saturated heterocycles. The van der Waals surface area contributed by atoms with Gasteiger partial charge in [-0.15, -0.1) is 0 Å². The molecule has 0 atom stereocenters. The van der Waals surface area contributed by atoms with Gasteiger partial charge in [-0.25, -0.2) is 0 Å². The Hall–Kier alpha value is -1.50. The Balaban J connectivity index is 0.000000252. The van der Waals surface area contributed by atoms with Gasteiger partial charge in [0, 0.05) is 12.0 Å². The van der Waals surface area contributed by atoms with Gasteiger partial charge < -0.3 is 5.73 Å². The van der Waals surface area contributed by atoms with E-state index in [-0.39, 0.29) is 0 Å². The van der Waals surface area contributed by atoms with Crippen molar-refractivity contribution in [1.29, 1.82) is 5.26 Å². The number of nitrogens with two attached hydrogens (primary N) is 1. The van der Waals surface area contributed by atoms with Crippen LogP contribution in [0.25, 0.3) is 0 Å². The predicted molar refractivity (Wildman–Crippen MR) is 52.9 cm³/mol. The highest BCUT2D eigenvalue weighted by Gasteiger charge is 1.93. The van der Waals surface area contributed by atoms with Gasteiger partial charge >= 0.3 is 0 Å². The third-order valence-electron chi connectivity index (χ3n) is 1.49. The summed E-state index contributed by atoms with van der Waals surface area (Å²) >= 11 is 0. The molecule has 72 valence electrons. The average molecular weight is 180 g/mol. The van der Waals surface area contributed by atoms with Gasteiger partial charge in [0.25, 0.3) is 0 Å². The summed E-state index contributed by atoms with van der Waals surface area (Å²) in [5.74, 6) is 0.688. The number of rotatable bonds is 2. The van der Waals surface area contributed by atoms with Crippen molar-refractivity contribution in [3.63, 3.8) is 0 Å². The minimum absolute atomic E-state index is 0.688. The Morgan fingerprint density at radius 2 is 2.31 bits per heavy atom. The van der Waals surface area contributed by atoms with E-state index in [9.17, 15) is 0 Å². The lowest BCUT2D eigenvalue weighted by molar-refractivity contribution is 0.969. The minimum Gasteiger partial charge on any atom is -0.384 e. The van der Waals surface area contributed by atoms with E-state index in [0.717, 1.165) is 18.4 Å². The van der Waals surface area contributed by atoms with Crippen molar-refractivity contribution in [1.82, 2.24) is 10.2 Å². The molecule has 13 heavy (non-hydrogen) atoms. The fourth-order valence-corrected chi connectivity index (χ4v) is 0.715. The number of nitrogen functional groups attached to an aromatic ring is 1. The molecule has 3 N–H and O–H groups in total. The van der Waals surface area contributed by atoms with Crippen molar-refractivity contribution in [2.75, 3.05) is 5.73 Å². The molecule has 4 heteroatoms. The smallest absolute Gasteiger partial charge is 0.121 e. The number of H-pyrrole nitrogens is 1. The molecule has 0 spiro atoms. The van der Waals surface area contributed by atoms with E-state index in [1.54, 1.807) is 6.20 Å². The number of hydrogen-bond acceptors (Lipinski definition) is 3. The standard InChI is InChI=1S/C5H9N3.C4H7N/c1-2-4-3-7-8-5(4)6;1-2-3-4-5/h3H,2H2,1H3,(H3,6,7,8);2-3H2,1H3. The van der Waals surface area contributed by atoms with Gasteiger partial charge in [-0.1, -0.05) is 13.8 Å². The maximum Gasteiger partial charge on any atom is 0.121 e. The van der Waals surface area contributed by atoms with Crippen LogP contribution < -0.4 is 5.73 Å². The van der Waals surface area contributed by atoms with E-state index in [1.807, 2.05) is 19.9 Å². The van der Waals surface area contributed by atoms with E-state index in [0.29, 0.717) is 12.2 Å². The fourth-order valence-electron chi connectivity index (χ4n) is 0.715. The zero-order valence-corrected chi connectivity index (χ0v) is 8.17. The molecule has 0 radical (unpaired) electrons. The van der Waals surface area contributed by atoms with Crippen molar-refractivity contribution >= 4 is 5.82 Å². The zero-order valence-electron chi connectivity index (χ0n) is 8.17. The molecule has 0 unspecified atom stereocenters. The van der Waals surface area contributed by atoms with Crippen molar-refractivity contribution in [2.45, 2.75) is 33.1 Å². The number of aromatic amines is 1. The number of nitriles is 1. The Morgan fingerprint density at radius 3 is 2.46 bits per heavy atom. The van der Waals surface area contributed by atoms with Crippen molar-refractivity contribution in [3.8, 4) is 6.07 Å². The first-order chi connectivity index (χ1) is 6.26. The summed E-state index contributed by atoms with van der Waals surface area (Å²) in [6.07, 6.45) is 4.37. The lowest BCUT2D eigenvalue weighted by Gasteiger charge is -1.86. The van der Waals surface area contributed by atoms with Crippen LogP contribution in [0.1, 0.15) is 32.3 Å². The predicted octanol–water partition coefficient (Wildman–Crippen LogP) is 1.86. The summed E-state index contributed by atoms with van der Waals surface area (Å²) in [6, 6.07) is 2.02. The van der Waals surface area contributed by atoms with Crippen LogP contribution in [0.3, 0.4) is 0 Å². The number of aryl methyl sites for hydroxylation is 1. The van der Waals surface area contributed by atoms with Crippen molar-refractivity contribution < 1.29 is 0 Å². The molecule has 0 aliphatic carbocycles. The van der Waals surface area contributed by atoms with Gasteiger partial charge in [0.1, 0.15) is 5.82 Å². The van der Waals surface area contributed by atoms with Gasteiger partial charge in [0.15, 0.2) is 0 Å². The second kappa shape index (κ2) is 7.17. The molecule has 4 nitrogen and oxygen atoms in total. The van der Waals surface area contributed by atoms with Crippen LogP contribution in [0.2, 0.25) is 0 Å². The minimum atomic E-state index is 0.688. The topological polar surface area (TPSA) is 78.5 Å². The van der Waals surface area contributed by atoms with Crippen LogP contribution in [-0.4, -0.2) is 10.2 Å². The lowest BCUT2D eigenvalue weighted by atomic mass is 10.3. The summed E-state index contributed by atoms with van der Waals surface area (Å²) in [5, 5.41) is 14.2. The van der Waals surface area contributed by atoms with E-state index in [4.69, 9.17) is 11.0 Å². The molecule has 1 rings (SSSR count). The maximum absolute atomic E-state index is 7.82. The number of nitrogens with zero attached hydrogens (tertiary/aromatic N) is 2. The monoisotopic (exact) mass is 180 g/mol. The summed E-state index contributed by atoms with van der Waals surface area (Å²) < 4.78 is 0. The van der Waals surface area contributed by atoms with E-state index in [1.165, 1.54) is 0 Å². The molecule has 0 amide bonds. The SMILES string of the molecule is CCCC#N.CCc1cn[nH]c1N. The Labute approximate surface area is 78.8 Å². The molecule has 0 aromatic carbocycles. The Morgan fingerprint density at radius 1 is 1.62 bits per heavy atom. The zero-order chi connectivity index (χ0) is 10.1. The summed E-state index contributed by atoms with van der Waals surface area (Å²) in [4.78, 5) is 0. The fraction of sp³-hybridized carbons (Fsp3) is 0.556. The van der Waals surface area contributed by atoms with Gasteiger partial charge in [-0.3, -0.25) is 5.10 Å². The molecule has 0 bridgehead atoms. The van der Waals surface area contributed by atoms with E-state index in [2.05, 4.69) is 10.2 Å². The van der Waals surface area contributed by atoms with Gasteiger partial charge in [0.2, 0.25) is 0 Å². The summed E-state index contributed by atoms with van der Waals surface area (Å²) in [7, 11) is 0. The number of nitrogens with one attached hydrogen (secondary N) is 1. The highest BCUT2D eigenvalue weighted by Crippen LogP contribution is 2.04. The molecule has 0 saturated carbocycles. The van der Waals surface area contributed by atoms with Crippen LogP contribution in [0.15, 0.2) is 6.20 Å². The molecule has 1 heterocycles. The van der Waals surface area contributed by atoms with E-state index >= 15 is 0 Å². The summed E-state index contributed by atoms with van der Waals surface area (Å²) in [6.45, 7) is 4.03. The second-order valence-corrected chi connectivity index (χ2v) is 2.57. The molecule has 1 aromatic heterocycles. The number of hydrogen-bond donors (Lipinski definition) is 2. The number of unbranched alkanes of at least 4 members (excludes halogenated alkanes) is 1. The molecule has 0 fully saturated rings. The molecule has 1 aromatic rings. The third-order valence-corrected chi connectivity index (χ3v) is 1.49. The Bertz CT molecular complexity index is 259. The number of aromatic nitrogens is 2. The normalized spacial score (nSPS) is 8.38. The van der Waals surface area contributed by atoms with Crippen LogP contribution >= 0.6 is 0 Å². The Kier molecular flexibility index (Phi) is 6.34. The van der Waals surface area contributed by atoms with Crippen LogP contribution in [0.5, 0.6) is 0 Å². The maximum atomic E-state index is 7.82. The van der Waals surface area contributed by atoms with Crippen LogP contribution in [0, 0.1) is 11.3 Å². The highest BCUT2D eigenvalue weighted by atomic mass is 15.1. The van der Waals surface area contributed by atoms with Crippen molar-refractivity contribution in [2.24, 2.45) is 0 Å². The molecule has 0 aliphatic heterocycles. The largest absolute Gasteiger partial charge is 0.384 e. The van der Waals surface area contributed by atoms with Crippen molar-refractivity contribution in [3.05, 3.63) is 11.8 Å². The first kappa shape index (κ1) is 11.5. The van der Waals surface area contributed by atoms with Gasteiger partial charge in [-0.2, -0.15) is 10.4 Å². The first-order valence-electron chi connectivity index (χ1n) is 4.40. The van der Waals surface area contributed by atoms with Crippen LogP contribution in [0.4, 0.5) is 5.82 Å². The van der Waals surface area contributed by atoms with E-state index < -0.39 is 0 Å². The second-order valence-electron chi connectivity index (χ2n) is 2.57. The molecular weight excluding hydrogens is 164 g/mol. The average Bonchev–Trinajstić information content (AvgIpc) is 2.53. The number of anilines is 1. The van der Waals surface area contributed by atoms with Gasteiger partial charge in [-0.05, 0) is 12.8 Å². The first-order valence-corrected chi connectivity index (χ1v) is 4.40. The summed E-state index contributed by atoms with van der Waals surface area (Å²) in [5.41, 5.74) is 6.52. The lowest BCUT2D eigenvalue weighted by Crippen LogP contribution is -1.88. The highest BCUT2D eigenvalue weighted by molar-refractivity contribution is 5.36. The third kappa shape index (κ3) is 4.86. The van der Waals surface area contributed by atoms with Gasteiger partial charge in [0.05, 0.1) is 12.3 Å². The van der Waals surface area contributed by atoms with Crippen LogP contribution in [-0.2, 0) is 6.42 Å². The quantitative estimate of drug-likeness (QED) is 0.729. The molecule has 0 aliphatic rings.